The zero-order valence-corrected chi connectivity index (χ0v) is 10.2. The van der Waals surface area contributed by atoms with E-state index in [0.717, 1.165) is 6.20 Å². The first-order valence-corrected chi connectivity index (χ1v) is 5.65. The number of halogens is 3. The number of hydrogen-bond acceptors (Lipinski definition) is 2. The molecule has 2 nitrogen and oxygen atoms in total. The maximum absolute atomic E-state index is 13.0. The smallest absolute Gasteiger partial charge is 0.141 e. The van der Waals surface area contributed by atoms with Crippen LogP contribution >= 0.6 is 23.2 Å². The summed E-state index contributed by atoms with van der Waals surface area (Å²) in [6.45, 7) is 0. The first-order valence-electron chi connectivity index (χ1n) is 4.89. The van der Waals surface area contributed by atoms with Gasteiger partial charge in [0, 0.05) is 6.20 Å². The average molecular weight is 271 g/mol. The summed E-state index contributed by atoms with van der Waals surface area (Å²) in [6.07, 6.45) is 2.63. The lowest BCUT2D eigenvalue weighted by atomic mass is 10.0. The van der Waals surface area contributed by atoms with Crippen molar-refractivity contribution in [2.45, 2.75) is 6.04 Å². The summed E-state index contributed by atoms with van der Waals surface area (Å²) in [6, 6.07) is 5.95. The molecule has 5 heteroatoms. The van der Waals surface area contributed by atoms with E-state index in [4.69, 9.17) is 28.9 Å². The molecular weight excluding hydrogens is 262 g/mol. The van der Waals surface area contributed by atoms with Gasteiger partial charge in [0.1, 0.15) is 5.82 Å². The highest BCUT2D eigenvalue weighted by Crippen LogP contribution is 2.31. The Morgan fingerprint density at radius 3 is 2.71 bits per heavy atom. The third-order valence-electron chi connectivity index (χ3n) is 2.40. The molecule has 1 heterocycles. The van der Waals surface area contributed by atoms with Gasteiger partial charge in [0.05, 0.1) is 22.3 Å². The summed E-state index contributed by atoms with van der Waals surface area (Å²) < 4.78 is 13.0. The molecule has 1 unspecified atom stereocenters. The second-order valence-corrected chi connectivity index (χ2v) is 4.34. The van der Waals surface area contributed by atoms with Crippen LogP contribution in [0.4, 0.5) is 4.39 Å². The standard InChI is InChI=1S/C12H9Cl2FN2/c13-10-3-1-2-9(11(10)14)12(16)7-4-8(15)6-17-5-7/h1-6,12H,16H2. The molecule has 0 aliphatic rings. The molecule has 0 fully saturated rings. The summed E-state index contributed by atoms with van der Waals surface area (Å²) in [5.41, 5.74) is 7.20. The van der Waals surface area contributed by atoms with Crippen LogP contribution in [0.15, 0.2) is 36.7 Å². The second-order valence-electron chi connectivity index (χ2n) is 3.56. The Morgan fingerprint density at radius 1 is 1.24 bits per heavy atom. The van der Waals surface area contributed by atoms with Crippen LogP contribution < -0.4 is 5.73 Å². The van der Waals surface area contributed by atoms with E-state index in [-0.39, 0.29) is 0 Å². The molecule has 0 spiro atoms. The minimum Gasteiger partial charge on any atom is -0.320 e. The number of nitrogens with zero attached hydrogens (tertiary/aromatic N) is 1. The quantitative estimate of drug-likeness (QED) is 0.906. The van der Waals surface area contributed by atoms with Gasteiger partial charge in [-0.2, -0.15) is 0 Å². The molecule has 1 aromatic carbocycles. The van der Waals surface area contributed by atoms with Gasteiger partial charge in [0.25, 0.3) is 0 Å². The van der Waals surface area contributed by atoms with E-state index in [1.165, 1.54) is 12.3 Å². The number of nitrogens with two attached hydrogens (primary N) is 1. The summed E-state index contributed by atoms with van der Waals surface area (Å²) in [5, 5.41) is 0.801. The van der Waals surface area contributed by atoms with Crippen LogP contribution in [0.5, 0.6) is 0 Å². The van der Waals surface area contributed by atoms with Gasteiger partial charge >= 0.3 is 0 Å². The van der Waals surface area contributed by atoms with Crippen molar-refractivity contribution in [3.05, 3.63) is 63.6 Å². The first-order chi connectivity index (χ1) is 8.09. The predicted molar refractivity (Wildman–Crippen MR) is 66.7 cm³/mol. The monoisotopic (exact) mass is 270 g/mol. The van der Waals surface area contributed by atoms with Crippen molar-refractivity contribution in [2.75, 3.05) is 0 Å². The van der Waals surface area contributed by atoms with Crippen molar-refractivity contribution in [3.63, 3.8) is 0 Å². The predicted octanol–water partition coefficient (Wildman–Crippen LogP) is 3.58. The molecule has 88 valence electrons. The second kappa shape index (κ2) is 5.00. The number of benzene rings is 1. The van der Waals surface area contributed by atoms with Crippen molar-refractivity contribution in [3.8, 4) is 0 Å². The molecule has 2 aromatic rings. The molecule has 2 rings (SSSR count). The van der Waals surface area contributed by atoms with E-state index in [2.05, 4.69) is 4.98 Å². The Balaban J connectivity index is 2.44. The molecule has 0 saturated carbocycles. The molecule has 0 aliphatic carbocycles. The van der Waals surface area contributed by atoms with Gasteiger partial charge in [0.15, 0.2) is 0 Å². The van der Waals surface area contributed by atoms with E-state index in [1.54, 1.807) is 18.2 Å². The lowest BCUT2D eigenvalue weighted by Crippen LogP contribution is -2.13. The highest BCUT2D eigenvalue weighted by Gasteiger charge is 2.15. The van der Waals surface area contributed by atoms with Crippen molar-refractivity contribution in [1.29, 1.82) is 0 Å². The van der Waals surface area contributed by atoms with E-state index in [0.29, 0.717) is 21.2 Å². The zero-order chi connectivity index (χ0) is 12.4. The van der Waals surface area contributed by atoms with Crippen LogP contribution in [0, 0.1) is 5.82 Å². The highest BCUT2D eigenvalue weighted by atomic mass is 35.5. The Bertz CT molecular complexity index is 546. The fourth-order valence-electron chi connectivity index (χ4n) is 1.54. The molecule has 0 saturated heterocycles. The van der Waals surface area contributed by atoms with E-state index in [1.807, 2.05) is 0 Å². The number of hydrogen-bond donors (Lipinski definition) is 1. The molecule has 0 amide bonds. The summed E-state index contributed by atoms with van der Waals surface area (Å²) >= 11 is 12.0. The Labute approximate surface area is 108 Å². The molecule has 0 aliphatic heterocycles. The van der Waals surface area contributed by atoms with E-state index in [9.17, 15) is 4.39 Å². The Kier molecular flexibility index (Phi) is 3.62. The summed E-state index contributed by atoms with van der Waals surface area (Å²) in [7, 11) is 0. The van der Waals surface area contributed by atoms with Crippen LogP contribution in [0.3, 0.4) is 0 Å². The topological polar surface area (TPSA) is 38.9 Å². The lowest BCUT2D eigenvalue weighted by Gasteiger charge is -2.14. The number of rotatable bonds is 2. The number of pyridine rings is 1. The lowest BCUT2D eigenvalue weighted by molar-refractivity contribution is 0.616. The van der Waals surface area contributed by atoms with Gasteiger partial charge in [-0.1, -0.05) is 35.3 Å². The molecule has 1 atom stereocenters. The Morgan fingerprint density at radius 2 is 2.00 bits per heavy atom. The van der Waals surface area contributed by atoms with E-state index < -0.39 is 11.9 Å². The zero-order valence-electron chi connectivity index (χ0n) is 8.70. The fourth-order valence-corrected chi connectivity index (χ4v) is 1.96. The van der Waals surface area contributed by atoms with E-state index >= 15 is 0 Å². The van der Waals surface area contributed by atoms with Gasteiger partial charge < -0.3 is 5.73 Å². The molecule has 0 radical (unpaired) electrons. The van der Waals surface area contributed by atoms with Crippen molar-refractivity contribution >= 4 is 23.2 Å². The summed E-state index contributed by atoms with van der Waals surface area (Å²) in [5.74, 6) is -0.434. The summed E-state index contributed by atoms with van der Waals surface area (Å²) in [4.78, 5) is 3.75. The van der Waals surface area contributed by atoms with Gasteiger partial charge in [-0.05, 0) is 23.3 Å². The van der Waals surface area contributed by atoms with Crippen LogP contribution in [-0.2, 0) is 0 Å². The Hall–Kier alpha value is -1.16. The molecule has 1 aromatic heterocycles. The van der Waals surface area contributed by atoms with Gasteiger partial charge in [0.2, 0.25) is 0 Å². The maximum atomic E-state index is 13.0. The van der Waals surface area contributed by atoms with Crippen LogP contribution in [0.25, 0.3) is 0 Å². The molecule has 2 N–H and O–H groups in total. The van der Waals surface area contributed by atoms with Gasteiger partial charge in [-0.3, -0.25) is 4.98 Å². The fraction of sp³-hybridized carbons (Fsp3) is 0.0833. The van der Waals surface area contributed by atoms with Crippen LogP contribution in [-0.4, -0.2) is 4.98 Å². The van der Waals surface area contributed by atoms with Crippen LogP contribution in [0.2, 0.25) is 10.0 Å². The molecule has 17 heavy (non-hydrogen) atoms. The van der Waals surface area contributed by atoms with Gasteiger partial charge in [-0.15, -0.1) is 0 Å². The highest BCUT2D eigenvalue weighted by molar-refractivity contribution is 6.42. The normalized spacial score (nSPS) is 12.5. The van der Waals surface area contributed by atoms with Crippen molar-refractivity contribution in [1.82, 2.24) is 4.98 Å². The molecule has 0 bridgehead atoms. The van der Waals surface area contributed by atoms with Crippen molar-refractivity contribution < 1.29 is 4.39 Å². The average Bonchev–Trinajstić information content (AvgIpc) is 2.32. The van der Waals surface area contributed by atoms with Crippen LogP contribution in [0.1, 0.15) is 17.2 Å². The maximum Gasteiger partial charge on any atom is 0.141 e. The number of aromatic nitrogens is 1. The third kappa shape index (κ3) is 2.57. The van der Waals surface area contributed by atoms with Gasteiger partial charge in [-0.25, -0.2) is 4.39 Å². The molecular formula is C12H9Cl2FN2. The largest absolute Gasteiger partial charge is 0.320 e. The minimum atomic E-state index is -0.551. The minimum absolute atomic E-state index is 0.380. The SMILES string of the molecule is NC(c1cncc(F)c1)c1cccc(Cl)c1Cl. The third-order valence-corrected chi connectivity index (χ3v) is 3.24. The first kappa shape index (κ1) is 12.3. The van der Waals surface area contributed by atoms with Crippen molar-refractivity contribution in [2.24, 2.45) is 5.73 Å².